The zero-order valence-corrected chi connectivity index (χ0v) is 43.8. The average Bonchev–Trinajstić information content (AvgIpc) is 3.63. The minimum atomic E-state index is -0.492. The van der Waals surface area contributed by atoms with E-state index in [4.69, 9.17) is 18.9 Å². The maximum absolute atomic E-state index is 14.9. The first-order chi connectivity index (χ1) is 35.9. The highest BCUT2D eigenvalue weighted by molar-refractivity contribution is 7.22. The van der Waals surface area contributed by atoms with E-state index in [0.29, 0.717) is 41.4 Å². The molecule has 0 spiro atoms. The van der Waals surface area contributed by atoms with Gasteiger partial charge in [-0.25, -0.2) is 18.7 Å². The first kappa shape index (κ1) is 51.2. The van der Waals surface area contributed by atoms with Crippen LogP contribution in [0.2, 0.25) is 0 Å². The number of ketones is 2. The van der Waals surface area contributed by atoms with E-state index in [1.807, 2.05) is 52.5 Å². The molecule has 11 rings (SSSR count). The normalized spacial score (nSPS) is 15.4. The van der Waals surface area contributed by atoms with Crippen molar-refractivity contribution in [2.75, 3.05) is 52.6 Å². The molecule has 1 aliphatic carbocycles. The summed E-state index contributed by atoms with van der Waals surface area (Å²) in [6, 6.07) is 17.0. The van der Waals surface area contributed by atoms with Crippen molar-refractivity contribution in [1.82, 2.24) is 38.9 Å². The average molecular weight is 1040 g/mol. The number of halogens is 2. The number of fused-ring (bicyclic) bond motifs is 2. The van der Waals surface area contributed by atoms with Crippen LogP contribution < -0.4 is 9.47 Å². The number of benzene rings is 2. The lowest BCUT2D eigenvalue weighted by atomic mass is 10.0. The van der Waals surface area contributed by atoms with E-state index < -0.39 is 11.6 Å². The second-order valence-corrected chi connectivity index (χ2v) is 21.8. The van der Waals surface area contributed by atoms with Crippen LogP contribution in [0.25, 0.3) is 41.8 Å². The number of hydrogen-bond donors (Lipinski definition) is 0. The van der Waals surface area contributed by atoms with Gasteiger partial charge in [-0.05, 0) is 72.2 Å². The van der Waals surface area contributed by atoms with E-state index in [9.17, 15) is 18.4 Å². The highest BCUT2D eigenvalue weighted by Crippen LogP contribution is 2.41. The Labute approximate surface area is 436 Å². The van der Waals surface area contributed by atoms with Gasteiger partial charge in [0.2, 0.25) is 0 Å². The molecule has 2 aliphatic heterocycles. The van der Waals surface area contributed by atoms with Gasteiger partial charge in [-0.3, -0.25) is 29.4 Å². The standard InChI is InChI=1S/C28H29FN4O3S.C28H31FN4O3S/c1-32-20(17-33-8-10-35-11-9-33)16-31-28(32)26-15-23-27(37-26)25(6-7-30-23)36-24-5-4-19(14-22(24)29)13-21(34)12-18-2-3-18;1-18(2)12-21(34)13-19-4-5-24(22(29)14-19)36-25-6-7-30-23-15-26(37-27(23)25)28-31-16-20(32(28)3)17-33-8-10-35-11-9-33/h4-7,14-16,18H,2-3,8-13,17H2,1H3;4-7,14-16,18H,8-13,17H2,1-3H3. The Kier molecular flexibility index (Phi) is 16.0. The van der Waals surface area contributed by atoms with Gasteiger partial charge in [-0.2, -0.15) is 0 Å². The fourth-order valence-electron chi connectivity index (χ4n) is 9.24. The Morgan fingerprint density at radius 1 is 0.635 bits per heavy atom. The van der Waals surface area contributed by atoms with Crippen molar-refractivity contribution in [2.45, 2.75) is 65.5 Å². The molecule has 386 valence electrons. The van der Waals surface area contributed by atoms with Crippen LogP contribution >= 0.6 is 22.7 Å². The minimum Gasteiger partial charge on any atom is -0.453 e. The molecular formula is C56H60F2N8O6S2. The maximum atomic E-state index is 14.9. The fraction of sp³-hybridized carbons (Fsp3) is 0.393. The summed E-state index contributed by atoms with van der Waals surface area (Å²) in [6.45, 7) is 12.4. The Balaban J connectivity index is 0.000000169. The van der Waals surface area contributed by atoms with Gasteiger partial charge in [0.05, 0.1) is 80.4 Å². The monoisotopic (exact) mass is 1040 g/mol. The van der Waals surface area contributed by atoms with Crippen LogP contribution in [0.1, 0.15) is 62.0 Å². The fourth-order valence-corrected chi connectivity index (χ4v) is 11.4. The van der Waals surface area contributed by atoms with E-state index in [1.165, 1.54) is 34.8 Å². The van der Waals surface area contributed by atoms with Gasteiger partial charge in [0.25, 0.3) is 0 Å². The summed E-state index contributed by atoms with van der Waals surface area (Å²) in [5, 5.41) is 0. The van der Waals surface area contributed by atoms with E-state index >= 15 is 0 Å². The molecule has 18 heteroatoms. The van der Waals surface area contributed by atoms with Crippen LogP contribution in [0.4, 0.5) is 8.78 Å². The summed E-state index contributed by atoms with van der Waals surface area (Å²) in [5.74, 6) is 3.17. The predicted octanol–water partition coefficient (Wildman–Crippen LogP) is 11.0. The van der Waals surface area contributed by atoms with Crippen molar-refractivity contribution in [1.29, 1.82) is 0 Å². The van der Waals surface area contributed by atoms with Crippen molar-refractivity contribution < 1.29 is 37.3 Å². The SMILES string of the molecule is CC(C)CC(=O)Cc1ccc(Oc2ccnc3cc(-c4ncc(CN5CCOCC5)n4C)sc23)c(F)c1.Cn1c(CN2CCOCC2)cnc1-c1cc2nccc(Oc3ccc(CC(=O)CC4CC4)cc3F)c2s1. The molecule has 2 saturated heterocycles. The Morgan fingerprint density at radius 2 is 1.09 bits per heavy atom. The van der Waals surface area contributed by atoms with Crippen LogP contribution in [-0.2, 0) is 59.1 Å². The number of morpholine rings is 2. The van der Waals surface area contributed by atoms with E-state index in [2.05, 4.69) is 38.9 Å². The predicted molar refractivity (Wildman–Crippen MR) is 283 cm³/mol. The Morgan fingerprint density at radius 3 is 1.53 bits per heavy atom. The van der Waals surface area contributed by atoms with E-state index in [-0.39, 0.29) is 41.8 Å². The maximum Gasteiger partial charge on any atom is 0.166 e. The lowest BCUT2D eigenvalue weighted by molar-refractivity contribution is -0.119. The van der Waals surface area contributed by atoms with E-state index in [0.717, 1.165) is 132 Å². The van der Waals surface area contributed by atoms with Crippen molar-refractivity contribution >= 4 is 54.7 Å². The summed E-state index contributed by atoms with van der Waals surface area (Å²) >= 11 is 3.05. The first-order valence-corrected chi connectivity index (χ1v) is 26.9. The van der Waals surface area contributed by atoms with Gasteiger partial charge >= 0.3 is 0 Å². The number of hydrogen-bond acceptors (Lipinski definition) is 14. The Bertz CT molecular complexity index is 3070. The van der Waals surface area contributed by atoms with Crippen LogP contribution in [0.3, 0.4) is 0 Å². The van der Waals surface area contributed by atoms with Gasteiger partial charge < -0.3 is 28.1 Å². The summed E-state index contributed by atoms with van der Waals surface area (Å²) < 4.78 is 58.6. The first-order valence-electron chi connectivity index (χ1n) is 25.3. The number of Topliss-reactive ketones (excluding diaryl/α,β-unsaturated/α-hetero) is 2. The number of pyridine rings is 2. The number of ether oxygens (including phenoxy) is 4. The van der Waals surface area contributed by atoms with Gasteiger partial charge in [-0.15, -0.1) is 22.7 Å². The lowest BCUT2D eigenvalue weighted by Gasteiger charge is -2.26. The molecule has 3 aliphatic rings. The van der Waals surface area contributed by atoms with Crippen LogP contribution in [-0.4, -0.2) is 103 Å². The smallest absolute Gasteiger partial charge is 0.166 e. The molecule has 6 aromatic heterocycles. The van der Waals surface area contributed by atoms with Crippen LogP contribution in [0.5, 0.6) is 23.0 Å². The third-order valence-electron chi connectivity index (χ3n) is 13.4. The molecule has 0 bridgehead atoms. The van der Waals surface area contributed by atoms with Gasteiger partial charge in [-0.1, -0.05) is 26.0 Å². The second-order valence-electron chi connectivity index (χ2n) is 19.7. The summed E-state index contributed by atoms with van der Waals surface area (Å²) in [6.07, 6.45) is 11.0. The van der Waals surface area contributed by atoms with Crippen molar-refractivity contribution in [3.63, 3.8) is 0 Å². The molecule has 0 N–H and O–H groups in total. The van der Waals surface area contributed by atoms with Gasteiger partial charge in [0.1, 0.15) is 34.7 Å². The lowest BCUT2D eigenvalue weighted by Crippen LogP contribution is -2.36. The molecule has 0 atom stereocenters. The highest BCUT2D eigenvalue weighted by Gasteiger charge is 2.25. The number of aromatic nitrogens is 6. The topological polar surface area (TPSA) is 139 Å². The van der Waals surface area contributed by atoms with Gasteiger partial charge in [0, 0.05) is 104 Å². The van der Waals surface area contributed by atoms with Crippen LogP contribution in [0, 0.1) is 23.5 Å². The number of carbonyl (C=O) groups excluding carboxylic acids is 2. The molecule has 74 heavy (non-hydrogen) atoms. The molecule has 1 saturated carbocycles. The Hall–Kier alpha value is -6.28. The molecule has 0 amide bonds. The van der Waals surface area contributed by atoms with Crippen molar-refractivity contribution in [3.05, 3.63) is 120 Å². The van der Waals surface area contributed by atoms with Crippen LogP contribution in [0.15, 0.2) is 85.5 Å². The highest BCUT2D eigenvalue weighted by atomic mass is 32.1. The molecule has 2 aromatic carbocycles. The molecule has 3 fully saturated rings. The third kappa shape index (κ3) is 12.4. The summed E-state index contributed by atoms with van der Waals surface area (Å²) in [5.41, 5.74) is 5.14. The summed E-state index contributed by atoms with van der Waals surface area (Å²) in [4.78, 5) is 49.3. The van der Waals surface area contributed by atoms with Crippen molar-refractivity contribution in [3.8, 4) is 44.4 Å². The molecule has 0 radical (unpaired) electrons. The third-order valence-corrected chi connectivity index (χ3v) is 15.7. The van der Waals surface area contributed by atoms with E-state index in [1.54, 1.807) is 48.8 Å². The number of thiophene rings is 2. The van der Waals surface area contributed by atoms with Crippen molar-refractivity contribution in [2.24, 2.45) is 25.9 Å². The largest absolute Gasteiger partial charge is 0.453 e. The molecule has 8 heterocycles. The number of imidazole rings is 2. The molecular weight excluding hydrogens is 983 g/mol. The minimum absolute atomic E-state index is 0.104. The van der Waals surface area contributed by atoms with Gasteiger partial charge in [0.15, 0.2) is 23.1 Å². The number of carbonyl (C=O) groups is 2. The zero-order chi connectivity index (χ0) is 51.3. The zero-order valence-electron chi connectivity index (χ0n) is 42.2. The molecule has 8 aromatic rings. The molecule has 14 nitrogen and oxygen atoms in total. The number of nitrogens with zero attached hydrogens (tertiary/aromatic N) is 8. The summed E-state index contributed by atoms with van der Waals surface area (Å²) in [7, 11) is 4.05. The number of rotatable bonds is 18. The molecule has 0 unspecified atom stereocenters. The quantitative estimate of drug-likeness (QED) is 0.0808. The second kappa shape index (κ2) is 23.1.